The molecule has 0 saturated heterocycles. The highest BCUT2D eigenvalue weighted by Crippen LogP contribution is 2.40. The molecule has 0 amide bonds. The van der Waals surface area contributed by atoms with Crippen molar-refractivity contribution in [3.05, 3.63) is 23.8 Å². The zero-order chi connectivity index (χ0) is 13.9. The van der Waals surface area contributed by atoms with Gasteiger partial charge >= 0.3 is 0 Å². The van der Waals surface area contributed by atoms with Gasteiger partial charge in [-0.1, -0.05) is 6.92 Å². The van der Waals surface area contributed by atoms with E-state index in [2.05, 4.69) is 6.92 Å². The van der Waals surface area contributed by atoms with E-state index < -0.39 is 6.10 Å². The summed E-state index contributed by atoms with van der Waals surface area (Å²) in [5.74, 6) is 3.64. The monoisotopic (exact) mass is 282 g/mol. The summed E-state index contributed by atoms with van der Waals surface area (Å²) in [4.78, 5) is 0. The third kappa shape index (κ3) is 3.80. The van der Waals surface area contributed by atoms with Crippen LogP contribution in [0, 0.1) is 0 Å². The molecule has 3 nitrogen and oxygen atoms in total. The van der Waals surface area contributed by atoms with Crippen LogP contribution < -0.4 is 9.47 Å². The van der Waals surface area contributed by atoms with Crippen molar-refractivity contribution >= 4 is 11.8 Å². The Morgan fingerprint density at radius 3 is 3.00 bits per heavy atom. The molecule has 0 saturated carbocycles. The summed E-state index contributed by atoms with van der Waals surface area (Å²) in [6, 6.07) is 5.69. The fourth-order valence-electron chi connectivity index (χ4n) is 2.25. The smallest absolute Gasteiger partial charge is 0.129 e. The second-order valence-electron chi connectivity index (χ2n) is 5.33. The lowest BCUT2D eigenvalue weighted by atomic mass is 9.92. The second-order valence-corrected chi connectivity index (χ2v) is 6.72. The molecule has 0 fully saturated rings. The number of aliphatic hydroxyl groups excluding tert-OH is 1. The van der Waals surface area contributed by atoms with Crippen LogP contribution in [-0.4, -0.2) is 28.8 Å². The molecule has 1 aliphatic heterocycles. The number of thioether (sulfide) groups is 1. The van der Waals surface area contributed by atoms with Crippen LogP contribution in [0.15, 0.2) is 18.2 Å². The van der Waals surface area contributed by atoms with Gasteiger partial charge in [-0.05, 0) is 31.7 Å². The minimum absolute atomic E-state index is 0.330. The maximum atomic E-state index is 10.1. The molecule has 106 valence electrons. The second kappa shape index (κ2) is 6.06. The molecule has 19 heavy (non-hydrogen) atoms. The lowest BCUT2D eigenvalue weighted by Crippen LogP contribution is -2.34. The van der Waals surface area contributed by atoms with E-state index in [1.165, 1.54) is 0 Å². The lowest BCUT2D eigenvalue weighted by molar-refractivity contribution is 0.0113. The predicted molar refractivity (Wildman–Crippen MR) is 79.2 cm³/mol. The van der Waals surface area contributed by atoms with E-state index in [0.29, 0.717) is 13.0 Å². The first-order valence-corrected chi connectivity index (χ1v) is 7.89. The standard InChI is InChI=1S/C15H22O3S/c1-4-19-8-7-17-11-5-6-12-13(16)10-15(2,3)18-14(12)9-11/h5-6,9,13,16H,4,7-8,10H2,1-3H3. The number of ether oxygens (including phenoxy) is 2. The van der Waals surface area contributed by atoms with Crippen molar-refractivity contribution in [2.24, 2.45) is 0 Å². The number of hydrogen-bond donors (Lipinski definition) is 1. The van der Waals surface area contributed by atoms with E-state index in [0.717, 1.165) is 28.6 Å². The van der Waals surface area contributed by atoms with Crippen molar-refractivity contribution in [3.63, 3.8) is 0 Å². The zero-order valence-electron chi connectivity index (χ0n) is 11.8. The van der Waals surface area contributed by atoms with Crippen molar-refractivity contribution in [1.29, 1.82) is 0 Å². The van der Waals surface area contributed by atoms with Gasteiger partial charge in [0, 0.05) is 23.8 Å². The third-order valence-corrected chi connectivity index (χ3v) is 3.98. The minimum atomic E-state index is -0.455. The molecular formula is C15H22O3S. The topological polar surface area (TPSA) is 38.7 Å². The van der Waals surface area contributed by atoms with Crippen LogP contribution in [0.2, 0.25) is 0 Å². The minimum Gasteiger partial charge on any atom is -0.493 e. The van der Waals surface area contributed by atoms with E-state index in [-0.39, 0.29) is 5.60 Å². The molecule has 0 spiro atoms. The van der Waals surface area contributed by atoms with Crippen molar-refractivity contribution in [2.75, 3.05) is 18.1 Å². The Bertz CT molecular complexity index is 431. The number of rotatable bonds is 5. The first-order valence-electron chi connectivity index (χ1n) is 6.73. The predicted octanol–water partition coefficient (Wildman–Crippen LogP) is 3.41. The first-order chi connectivity index (χ1) is 9.02. The maximum absolute atomic E-state index is 10.1. The molecule has 0 aromatic heterocycles. The molecule has 0 radical (unpaired) electrons. The maximum Gasteiger partial charge on any atom is 0.129 e. The highest BCUT2D eigenvalue weighted by Gasteiger charge is 2.32. The molecule has 1 aliphatic rings. The summed E-state index contributed by atoms with van der Waals surface area (Å²) in [6.45, 7) is 6.82. The van der Waals surface area contributed by atoms with Crippen molar-refractivity contribution in [3.8, 4) is 11.5 Å². The fourth-order valence-corrected chi connectivity index (χ4v) is 2.74. The summed E-state index contributed by atoms with van der Waals surface area (Å²) in [5, 5.41) is 10.1. The highest BCUT2D eigenvalue weighted by molar-refractivity contribution is 7.99. The van der Waals surface area contributed by atoms with E-state index in [1.807, 2.05) is 43.8 Å². The van der Waals surface area contributed by atoms with Gasteiger partial charge in [0.1, 0.15) is 17.1 Å². The molecule has 1 atom stereocenters. The molecule has 1 aromatic carbocycles. The van der Waals surface area contributed by atoms with Crippen molar-refractivity contribution in [1.82, 2.24) is 0 Å². The van der Waals surface area contributed by atoms with Gasteiger partial charge in [0.2, 0.25) is 0 Å². The summed E-state index contributed by atoms with van der Waals surface area (Å²) >= 11 is 1.86. The number of benzene rings is 1. The molecule has 1 heterocycles. The van der Waals surface area contributed by atoms with E-state index >= 15 is 0 Å². The highest BCUT2D eigenvalue weighted by atomic mass is 32.2. The van der Waals surface area contributed by atoms with Crippen molar-refractivity contribution < 1.29 is 14.6 Å². The van der Waals surface area contributed by atoms with Crippen LogP contribution in [0.5, 0.6) is 11.5 Å². The van der Waals surface area contributed by atoms with Crippen LogP contribution in [0.3, 0.4) is 0 Å². The molecule has 0 aliphatic carbocycles. The largest absolute Gasteiger partial charge is 0.493 e. The third-order valence-electron chi connectivity index (χ3n) is 3.12. The zero-order valence-corrected chi connectivity index (χ0v) is 12.6. The fraction of sp³-hybridized carbons (Fsp3) is 0.600. The molecular weight excluding hydrogens is 260 g/mol. The average Bonchev–Trinajstić information content (AvgIpc) is 2.32. The first kappa shape index (κ1) is 14.5. The lowest BCUT2D eigenvalue weighted by Gasteiger charge is -2.35. The van der Waals surface area contributed by atoms with Crippen LogP contribution in [0.4, 0.5) is 0 Å². The number of hydrogen-bond acceptors (Lipinski definition) is 4. The van der Waals surface area contributed by atoms with Gasteiger partial charge in [-0.15, -0.1) is 0 Å². The van der Waals surface area contributed by atoms with E-state index in [9.17, 15) is 5.11 Å². The number of aliphatic hydroxyl groups is 1. The Kier molecular flexibility index (Phi) is 4.63. The van der Waals surface area contributed by atoms with E-state index in [1.54, 1.807) is 0 Å². The van der Waals surface area contributed by atoms with Crippen LogP contribution in [0.1, 0.15) is 38.9 Å². The quantitative estimate of drug-likeness (QED) is 0.840. The van der Waals surface area contributed by atoms with E-state index in [4.69, 9.17) is 9.47 Å². The van der Waals surface area contributed by atoms with Gasteiger partial charge in [-0.3, -0.25) is 0 Å². The van der Waals surface area contributed by atoms with Crippen LogP contribution >= 0.6 is 11.8 Å². The van der Waals surface area contributed by atoms with Crippen LogP contribution in [0.25, 0.3) is 0 Å². The average molecular weight is 282 g/mol. The summed E-state index contributed by atoms with van der Waals surface area (Å²) in [6.07, 6.45) is 0.163. The molecule has 0 bridgehead atoms. The normalized spacial score (nSPS) is 20.5. The Morgan fingerprint density at radius 2 is 2.26 bits per heavy atom. The van der Waals surface area contributed by atoms with Gasteiger partial charge < -0.3 is 14.6 Å². The van der Waals surface area contributed by atoms with Crippen molar-refractivity contribution in [2.45, 2.75) is 38.9 Å². The Hall–Kier alpha value is -0.870. The summed E-state index contributed by atoms with van der Waals surface area (Å²) < 4.78 is 11.6. The van der Waals surface area contributed by atoms with Gasteiger partial charge in [0.15, 0.2) is 0 Å². The number of fused-ring (bicyclic) bond motifs is 1. The Balaban J connectivity index is 2.06. The van der Waals surface area contributed by atoms with Crippen LogP contribution in [-0.2, 0) is 0 Å². The Morgan fingerprint density at radius 1 is 1.47 bits per heavy atom. The molecule has 1 aromatic rings. The summed E-state index contributed by atoms with van der Waals surface area (Å²) in [7, 11) is 0. The molecule has 1 unspecified atom stereocenters. The van der Waals surface area contributed by atoms with Gasteiger partial charge in [-0.25, -0.2) is 0 Å². The van der Waals surface area contributed by atoms with Gasteiger partial charge in [0.25, 0.3) is 0 Å². The Labute approximate surface area is 119 Å². The molecule has 2 rings (SSSR count). The SMILES string of the molecule is CCSCCOc1ccc2c(c1)OC(C)(C)CC2O. The molecule has 1 N–H and O–H groups in total. The molecule has 4 heteroatoms. The summed E-state index contributed by atoms with van der Waals surface area (Å²) in [5.41, 5.74) is 0.526. The van der Waals surface area contributed by atoms with Gasteiger partial charge in [0.05, 0.1) is 12.7 Å². The van der Waals surface area contributed by atoms with Gasteiger partial charge in [-0.2, -0.15) is 11.8 Å².